The van der Waals surface area contributed by atoms with Crippen molar-refractivity contribution in [3.63, 3.8) is 0 Å². The average Bonchev–Trinajstić information content (AvgIpc) is 2.38. The van der Waals surface area contributed by atoms with Crippen LogP contribution in [0.3, 0.4) is 0 Å². The number of benzene rings is 1. The molecule has 1 rings (SSSR count). The monoisotopic (exact) mass is 252 g/mol. The molecule has 0 aliphatic carbocycles. The normalized spacial score (nSPS) is 11.1. The van der Waals surface area contributed by atoms with Gasteiger partial charge in [0.15, 0.2) is 5.84 Å². The molecule has 18 heavy (non-hydrogen) atoms. The van der Waals surface area contributed by atoms with Gasteiger partial charge in [-0.05, 0) is 24.6 Å². The summed E-state index contributed by atoms with van der Waals surface area (Å²) >= 11 is 0. The summed E-state index contributed by atoms with van der Waals surface area (Å²) in [6, 6.07) is 2.21. The van der Waals surface area contributed by atoms with Crippen LogP contribution in [0.1, 0.15) is 25.0 Å². The summed E-state index contributed by atoms with van der Waals surface area (Å²) in [6.07, 6.45) is 2.81. The fourth-order valence-electron chi connectivity index (χ4n) is 1.19. The topological polar surface area (TPSA) is 24.7 Å². The Labute approximate surface area is 107 Å². The van der Waals surface area contributed by atoms with Gasteiger partial charge in [-0.1, -0.05) is 26.5 Å². The van der Waals surface area contributed by atoms with Gasteiger partial charge in [0.2, 0.25) is 0 Å². The SMILES string of the molecule is C=CC=NC(=NC)c1cc(F)c(C)cc1F.CC. The highest BCUT2D eigenvalue weighted by Gasteiger charge is 2.11. The van der Waals surface area contributed by atoms with Crippen LogP contribution < -0.4 is 0 Å². The molecule has 0 bridgehead atoms. The summed E-state index contributed by atoms with van der Waals surface area (Å²) in [6.45, 7) is 8.94. The summed E-state index contributed by atoms with van der Waals surface area (Å²) in [5.74, 6) is -0.886. The Morgan fingerprint density at radius 1 is 1.22 bits per heavy atom. The lowest BCUT2D eigenvalue weighted by Gasteiger charge is -2.04. The lowest BCUT2D eigenvalue weighted by Crippen LogP contribution is -2.03. The van der Waals surface area contributed by atoms with Crippen molar-refractivity contribution in [1.29, 1.82) is 0 Å². The average molecular weight is 252 g/mol. The van der Waals surface area contributed by atoms with Gasteiger partial charge in [-0.3, -0.25) is 4.99 Å². The molecule has 0 heterocycles. The number of amidine groups is 1. The van der Waals surface area contributed by atoms with Gasteiger partial charge in [0, 0.05) is 13.3 Å². The highest BCUT2D eigenvalue weighted by atomic mass is 19.1. The summed E-state index contributed by atoms with van der Waals surface area (Å²) in [5, 5.41) is 0. The third-order valence-corrected chi connectivity index (χ3v) is 2.00. The van der Waals surface area contributed by atoms with E-state index in [4.69, 9.17) is 0 Å². The second-order valence-electron chi connectivity index (χ2n) is 3.14. The van der Waals surface area contributed by atoms with Crippen LogP contribution in [0.25, 0.3) is 0 Å². The molecule has 0 aliphatic heterocycles. The van der Waals surface area contributed by atoms with E-state index in [0.29, 0.717) is 0 Å². The smallest absolute Gasteiger partial charge is 0.157 e. The van der Waals surface area contributed by atoms with Crippen molar-refractivity contribution >= 4 is 12.1 Å². The molecule has 0 radical (unpaired) electrons. The molecule has 0 aromatic heterocycles. The van der Waals surface area contributed by atoms with Crippen molar-refractivity contribution in [2.75, 3.05) is 7.05 Å². The van der Waals surface area contributed by atoms with Gasteiger partial charge >= 0.3 is 0 Å². The molecular formula is C14H18F2N2. The zero-order valence-corrected chi connectivity index (χ0v) is 11.2. The zero-order valence-electron chi connectivity index (χ0n) is 11.2. The maximum absolute atomic E-state index is 13.5. The van der Waals surface area contributed by atoms with E-state index < -0.39 is 11.6 Å². The molecular weight excluding hydrogens is 234 g/mol. The Kier molecular flexibility index (Phi) is 7.43. The largest absolute Gasteiger partial charge is 0.270 e. The van der Waals surface area contributed by atoms with Gasteiger partial charge in [-0.25, -0.2) is 13.8 Å². The number of hydrogen-bond donors (Lipinski definition) is 0. The molecule has 98 valence electrons. The number of hydrogen-bond acceptors (Lipinski definition) is 1. The number of nitrogens with zero attached hydrogens (tertiary/aromatic N) is 2. The van der Waals surface area contributed by atoms with Crippen LogP contribution in [-0.4, -0.2) is 19.1 Å². The number of aliphatic imine (C=N–C) groups is 2. The Balaban J connectivity index is 0.00000137. The van der Waals surface area contributed by atoms with Gasteiger partial charge in [-0.2, -0.15) is 0 Å². The molecule has 2 nitrogen and oxygen atoms in total. The van der Waals surface area contributed by atoms with Crippen LogP contribution in [-0.2, 0) is 0 Å². The van der Waals surface area contributed by atoms with Crippen molar-refractivity contribution in [2.24, 2.45) is 9.98 Å². The molecule has 1 aromatic carbocycles. The molecule has 0 aliphatic rings. The van der Waals surface area contributed by atoms with E-state index in [2.05, 4.69) is 16.6 Å². The van der Waals surface area contributed by atoms with Crippen LogP contribution in [0, 0.1) is 18.6 Å². The predicted molar refractivity (Wildman–Crippen MR) is 73.6 cm³/mol. The molecule has 0 saturated heterocycles. The van der Waals surface area contributed by atoms with Crippen LogP contribution in [0.15, 0.2) is 34.8 Å². The van der Waals surface area contributed by atoms with Crippen LogP contribution in [0.5, 0.6) is 0 Å². The third-order valence-electron chi connectivity index (χ3n) is 2.00. The lowest BCUT2D eigenvalue weighted by atomic mass is 10.1. The summed E-state index contributed by atoms with van der Waals surface area (Å²) < 4.78 is 26.8. The van der Waals surface area contributed by atoms with Crippen molar-refractivity contribution in [1.82, 2.24) is 0 Å². The Morgan fingerprint density at radius 3 is 2.33 bits per heavy atom. The standard InChI is InChI=1S/C12H12F2N2.C2H6/c1-4-5-16-12(15-3)9-7-10(13)8(2)6-11(9)14;1-2/h4-7H,1H2,2-3H3;1-2H3. The molecule has 0 fully saturated rings. The fraction of sp³-hybridized carbons (Fsp3) is 0.286. The maximum atomic E-state index is 13.5. The van der Waals surface area contributed by atoms with Crippen molar-refractivity contribution < 1.29 is 8.78 Å². The minimum atomic E-state index is -0.541. The van der Waals surface area contributed by atoms with Crippen molar-refractivity contribution in [2.45, 2.75) is 20.8 Å². The number of aryl methyl sites for hydroxylation is 1. The molecule has 0 atom stereocenters. The van der Waals surface area contributed by atoms with E-state index >= 15 is 0 Å². The summed E-state index contributed by atoms with van der Waals surface area (Å²) in [4.78, 5) is 7.65. The first kappa shape index (κ1) is 16.2. The van der Waals surface area contributed by atoms with E-state index in [0.717, 1.165) is 12.1 Å². The van der Waals surface area contributed by atoms with E-state index in [-0.39, 0.29) is 17.0 Å². The third kappa shape index (κ3) is 4.20. The highest BCUT2D eigenvalue weighted by Crippen LogP contribution is 2.15. The predicted octanol–water partition coefficient (Wildman–Crippen LogP) is 3.93. The summed E-state index contributed by atoms with van der Waals surface area (Å²) in [7, 11) is 1.47. The van der Waals surface area contributed by atoms with E-state index in [1.165, 1.54) is 26.3 Å². The van der Waals surface area contributed by atoms with Gasteiger partial charge < -0.3 is 0 Å². The minimum absolute atomic E-state index is 0.0451. The first-order valence-corrected chi connectivity index (χ1v) is 5.68. The second kappa shape index (κ2) is 8.28. The van der Waals surface area contributed by atoms with Gasteiger partial charge in [0.05, 0.1) is 5.56 Å². The van der Waals surface area contributed by atoms with Crippen LogP contribution >= 0.6 is 0 Å². The van der Waals surface area contributed by atoms with Crippen molar-refractivity contribution in [3.05, 3.63) is 47.5 Å². The molecule has 0 spiro atoms. The van der Waals surface area contributed by atoms with Gasteiger partial charge in [-0.15, -0.1) is 0 Å². The maximum Gasteiger partial charge on any atom is 0.157 e. The van der Waals surface area contributed by atoms with Crippen molar-refractivity contribution in [3.8, 4) is 0 Å². The van der Waals surface area contributed by atoms with Gasteiger partial charge in [0.1, 0.15) is 11.6 Å². The first-order chi connectivity index (χ1) is 8.60. The Morgan fingerprint density at radius 2 is 1.83 bits per heavy atom. The Hall–Kier alpha value is -1.84. The highest BCUT2D eigenvalue weighted by molar-refractivity contribution is 6.04. The molecule has 0 unspecified atom stereocenters. The fourth-order valence-corrected chi connectivity index (χ4v) is 1.19. The zero-order chi connectivity index (χ0) is 14.1. The number of halogens is 2. The molecule has 0 amide bonds. The van der Waals surface area contributed by atoms with E-state index in [1.807, 2.05) is 13.8 Å². The summed E-state index contributed by atoms with van der Waals surface area (Å²) in [5.41, 5.74) is 0.299. The quantitative estimate of drug-likeness (QED) is 0.562. The second-order valence-corrected chi connectivity index (χ2v) is 3.14. The lowest BCUT2D eigenvalue weighted by molar-refractivity contribution is 0.590. The molecule has 0 N–H and O–H groups in total. The van der Waals surface area contributed by atoms with Crippen LogP contribution in [0.2, 0.25) is 0 Å². The molecule has 4 heteroatoms. The number of allylic oxidation sites excluding steroid dienone is 1. The van der Waals surface area contributed by atoms with E-state index in [1.54, 1.807) is 0 Å². The molecule has 1 aromatic rings. The van der Waals surface area contributed by atoms with Crippen LogP contribution in [0.4, 0.5) is 8.78 Å². The number of rotatable bonds is 2. The molecule has 0 saturated carbocycles. The first-order valence-electron chi connectivity index (χ1n) is 5.68. The van der Waals surface area contributed by atoms with Gasteiger partial charge in [0.25, 0.3) is 0 Å². The van der Waals surface area contributed by atoms with E-state index in [9.17, 15) is 8.78 Å². The Bertz CT molecular complexity index is 463. The minimum Gasteiger partial charge on any atom is -0.270 e.